The van der Waals surface area contributed by atoms with Crippen molar-refractivity contribution in [1.82, 2.24) is 9.88 Å². The fraction of sp³-hybridized carbons (Fsp3) is 0.476. The van der Waals surface area contributed by atoms with Gasteiger partial charge in [-0.25, -0.2) is 4.98 Å². The second-order valence-electron chi connectivity index (χ2n) is 6.99. The zero-order valence-corrected chi connectivity index (χ0v) is 17.2. The summed E-state index contributed by atoms with van der Waals surface area (Å²) in [6.45, 7) is 5.34. The summed E-state index contributed by atoms with van der Waals surface area (Å²) in [5, 5.41) is 2.63. The van der Waals surface area contributed by atoms with E-state index in [1.807, 2.05) is 37.3 Å². The first-order valence-corrected chi connectivity index (χ1v) is 10.5. The van der Waals surface area contributed by atoms with E-state index in [-0.39, 0.29) is 11.9 Å². The third-order valence-electron chi connectivity index (χ3n) is 5.00. The van der Waals surface area contributed by atoms with Crippen LogP contribution in [0, 0.1) is 12.3 Å². The van der Waals surface area contributed by atoms with Gasteiger partial charge in [-0.1, -0.05) is 18.2 Å². The van der Waals surface area contributed by atoms with Gasteiger partial charge in [-0.2, -0.15) is 0 Å². The largest absolute Gasteiger partial charge is 0.494 e. The lowest BCUT2D eigenvalue weighted by Crippen LogP contribution is -2.51. The molecule has 1 atom stereocenters. The summed E-state index contributed by atoms with van der Waals surface area (Å²) < 4.78 is 11.2. The van der Waals surface area contributed by atoms with E-state index >= 15 is 0 Å². The number of ether oxygens (including phenoxy) is 2. The molecule has 1 amide bonds. The van der Waals surface area contributed by atoms with Crippen molar-refractivity contribution in [2.75, 3.05) is 26.3 Å². The number of thiazole rings is 1. The zero-order valence-electron chi connectivity index (χ0n) is 16.3. The van der Waals surface area contributed by atoms with Crippen molar-refractivity contribution in [3.05, 3.63) is 46.4 Å². The molecule has 6 nitrogen and oxygen atoms in total. The second-order valence-corrected chi connectivity index (χ2v) is 8.06. The van der Waals surface area contributed by atoms with Gasteiger partial charge in [0.05, 0.1) is 23.6 Å². The zero-order chi connectivity index (χ0) is 20.0. The van der Waals surface area contributed by atoms with Crippen LogP contribution < -0.4 is 4.74 Å². The van der Waals surface area contributed by atoms with Crippen LogP contribution in [0.5, 0.6) is 5.75 Å². The number of piperidine rings is 1. The molecule has 0 bridgehead atoms. The van der Waals surface area contributed by atoms with Crippen LogP contribution in [0.2, 0.25) is 0 Å². The van der Waals surface area contributed by atoms with Crippen LogP contribution in [0.4, 0.5) is 0 Å². The average molecular weight is 403 g/mol. The molecular weight excluding hydrogens is 376 g/mol. The molecule has 1 aromatic carbocycles. The smallest absolute Gasteiger partial charge is 0.314 e. The number of hydrogen-bond acceptors (Lipinski definition) is 6. The first-order chi connectivity index (χ1) is 13.5. The number of aryl methyl sites for hydroxylation is 1. The summed E-state index contributed by atoms with van der Waals surface area (Å²) >= 11 is 1.45. The molecule has 0 radical (unpaired) electrons. The van der Waals surface area contributed by atoms with Crippen LogP contribution in [0.15, 0.2) is 35.7 Å². The Morgan fingerprint density at radius 3 is 2.75 bits per heavy atom. The number of hydrogen-bond donors (Lipinski definition) is 0. The van der Waals surface area contributed by atoms with Gasteiger partial charge in [-0.3, -0.25) is 9.59 Å². The Bertz CT molecular complexity index is 808. The van der Waals surface area contributed by atoms with Crippen LogP contribution in [0.3, 0.4) is 0 Å². The summed E-state index contributed by atoms with van der Waals surface area (Å²) in [5.74, 6) is 0.392. The molecule has 0 unspecified atom stereocenters. The highest BCUT2D eigenvalue weighted by Gasteiger charge is 2.45. The summed E-state index contributed by atoms with van der Waals surface area (Å²) in [6.07, 6.45) is 1.93. The molecular formula is C21H26N2O4S. The van der Waals surface area contributed by atoms with E-state index < -0.39 is 5.41 Å². The number of carbonyl (C=O) groups excluding carboxylic acids is 2. The molecule has 1 aliphatic heterocycles. The lowest BCUT2D eigenvalue weighted by Gasteiger charge is -2.40. The third-order valence-corrected chi connectivity index (χ3v) is 5.78. The number of aromatic nitrogens is 1. The number of amides is 1. The molecule has 1 saturated heterocycles. The molecule has 150 valence electrons. The predicted molar refractivity (Wildman–Crippen MR) is 108 cm³/mol. The Labute approximate surface area is 169 Å². The number of likely N-dealkylation sites (tertiary alicyclic amines) is 1. The van der Waals surface area contributed by atoms with Gasteiger partial charge < -0.3 is 14.4 Å². The van der Waals surface area contributed by atoms with Gasteiger partial charge in [0, 0.05) is 18.5 Å². The quantitative estimate of drug-likeness (QED) is 0.661. The Hall–Kier alpha value is -2.41. The van der Waals surface area contributed by atoms with Crippen LogP contribution in [-0.2, 0) is 9.53 Å². The van der Waals surface area contributed by atoms with E-state index in [1.54, 1.807) is 17.2 Å². The molecule has 7 heteroatoms. The average Bonchev–Trinajstić information content (AvgIpc) is 3.15. The van der Waals surface area contributed by atoms with Crippen LogP contribution in [0.1, 0.15) is 41.7 Å². The molecule has 1 fully saturated rings. The Balaban J connectivity index is 1.72. The molecule has 2 heterocycles. The molecule has 0 spiro atoms. The van der Waals surface area contributed by atoms with Gasteiger partial charge in [0.25, 0.3) is 5.91 Å². The van der Waals surface area contributed by atoms with Gasteiger partial charge in [-0.05, 0) is 45.2 Å². The molecule has 3 rings (SSSR count). The summed E-state index contributed by atoms with van der Waals surface area (Å²) in [5.41, 5.74) is -0.299. The van der Waals surface area contributed by atoms with E-state index in [1.165, 1.54) is 11.3 Å². The van der Waals surface area contributed by atoms with Crippen LogP contribution in [0.25, 0.3) is 0 Å². The third kappa shape index (κ3) is 4.70. The molecule has 28 heavy (non-hydrogen) atoms. The van der Waals surface area contributed by atoms with Gasteiger partial charge in [0.2, 0.25) is 0 Å². The molecule has 2 aromatic rings. The van der Waals surface area contributed by atoms with Crippen molar-refractivity contribution in [3.63, 3.8) is 0 Å². The molecule has 1 aliphatic rings. The molecule has 0 saturated carbocycles. The highest BCUT2D eigenvalue weighted by atomic mass is 32.1. The first kappa shape index (κ1) is 20.3. The van der Waals surface area contributed by atoms with Gasteiger partial charge in [0.15, 0.2) is 0 Å². The van der Waals surface area contributed by atoms with Crippen molar-refractivity contribution in [1.29, 1.82) is 0 Å². The molecule has 0 aliphatic carbocycles. The first-order valence-electron chi connectivity index (χ1n) is 9.60. The molecule has 0 N–H and O–H groups in total. The van der Waals surface area contributed by atoms with E-state index in [4.69, 9.17) is 9.47 Å². The van der Waals surface area contributed by atoms with Crippen LogP contribution >= 0.6 is 11.3 Å². The highest BCUT2D eigenvalue weighted by Crippen LogP contribution is 2.36. The van der Waals surface area contributed by atoms with Crippen molar-refractivity contribution >= 4 is 23.2 Å². The highest BCUT2D eigenvalue weighted by molar-refractivity contribution is 7.09. The van der Waals surface area contributed by atoms with Crippen molar-refractivity contribution in [3.8, 4) is 5.75 Å². The summed E-state index contributed by atoms with van der Waals surface area (Å²) in [7, 11) is 0. The lowest BCUT2D eigenvalue weighted by atomic mass is 9.77. The Morgan fingerprint density at radius 1 is 1.29 bits per heavy atom. The van der Waals surface area contributed by atoms with Crippen molar-refractivity contribution < 1.29 is 19.1 Å². The van der Waals surface area contributed by atoms with Gasteiger partial charge >= 0.3 is 5.97 Å². The number of nitrogens with zero attached hydrogens (tertiary/aromatic N) is 2. The van der Waals surface area contributed by atoms with E-state index in [9.17, 15) is 9.59 Å². The predicted octanol–water partition coefficient (Wildman–Crippen LogP) is 3.71. The molecule has 1 aromatic heterocycles. The van der Waals surface area contributed by atoms with E-state index in [2.05, 4.69) is 4.98 Å². The number of esters is 1. The minimum absolute atomic E-state index is 0.123. The monoisotopic (exact) mass is 402 g/mol. The van der Waals surface area contributed by atoms with Gasteiger partial charge in [0.1, 0.15) is 11.4 Å². The SMILES string of the molecule is CCOC(=O)[C@]1(CCOc2ccccc2)CCCN(C(=O)c2csc(C)n2)C1. The standard InChI is InChI=1S/C21H26N2O4S/c1-3-26-20(25)21(11-13-27-17-8-5-4-6-9-17)10-7-12-23(15-21)19(24)18-14-28-16(2)22-18/h4-6,8-9,14H,3,7,10-13,15H2,1-2H3/t21-/m0/s1. The van der Waals surface area contributed by atoms with Gasteiger partial charge in [-0.15, -0.1) is 11.3 Å². The summed E-state index contributed by atoms with van der Waals surface area (Å²) in [6, 6.07) is 9.52. The normalized spacial score (nSPS) is 19.3. The number of rotatable bonds is 7. The number of para-hydroxylation sites is 1. The Morgan fingerprint density at radius 2 is 2.07 bits per heavy atom. The van der Waals surface area contributed by atoms with E-state index in [0.29, 0.717) is 44.8 Å². The lowest BCUT2D eigenvalue weighted by molar-refractivity contribution is -0.159. The number of benzene rings is 1. The van der Waals surface area contributed by atoms with Crippen LogP contribution in [-0.4, -0.2) is 48.1 Å². The Kier molecular flexibility index (Phi) is 6.67. The topological polar surface area (TPSA) is 68.7 Å². The maximum Gasteiger partial charge on any atom is 0.314 e. The number of carbonyl (C=O) groups is 2. The minimum Gasteiger partial charge on any atom is -0.494 e. The maximum absolute atomic E-state index is 12.9. The second kappa shape index (κ2) is 9.19. The fourth-order valence-electron chi connectivity index (χ4n) is 3.57. The maximum atomic E-state index is 12.9. The van der Waals surface area contributed by atoms with Crippen molar-refractivity contribution in [2.45, 2.75) is 33.1 Å². The fourth-order valence-corrected chi connectivity index (χ4v) is 4.15. The van der Waals surface area contributed by atoms with E-state index in [0.717, 1.165) is 17.2 Å². The minimum atomic E-state index is -0.746. The van der Waals surface area contributed by atoms with Crippen molar-refractivity contribution in [2.24, 2.45) is 5.41 Å². The summed E-state index contributed by atoms with van der Waals surface area (Å²) in [4.78, 5) is 31.7.